The lowest BCUT2D eigenvalue weighted by Gasteiger charge is -2.30. The van der Waals surface area contributed by atoms with Crippen molar-refractivity contribution in [3.05, 3.63) is 0 Å². The first kappa shape index (κ1) is 22.2. The van der Waals surface area contributed by atoms with Gasteiger partial charge in [-0.3, -0.25) is 4.79 Å². The van der Waals surface area contributed by atoms with E-state index in [1.807, 2.05) is 18.8 Å². The van der Waals surface area contributed by atoms with Gasteiger partial charge in [-0.2, -0.15) is 0 Å². The van der Waals surface area contributed by atoms with Gasteiger partial charge in [-0.15, -0.1) is 0 Å². The number of halogens is 1. The van der Waals surface area contributed by atoms with Gasteiger partial charge in [0.15, 0.2) is 0 Å². The Bertz CT molecular complexity index is 305. The van der Waals surface area contributed by atoms with Crippen LogP contribution in [0, 0.1) is 10.8 Å². The molecule has 22 heavy (non-hydrogen) atoms. The van der Waals surface area contributed by atoms with E-state index in [9.17, 15) is 4.79 Å². The molecule has 0 aliphatic carbocycles. The molecule has 132 valence electrons. The van der Waals surface area contributed by atoms with Crippen LogP contribution >= 0.6 is 22.6 Å². The van der Waals surface area contributed by atoms with Crippen LogP contribution < -0.4 is 0 Å². The monoisotopic (exact) mass is 425 g/mol. The Kier molecular flexibility index (Phi) is 10.9. The van der Waals surface area contributed by atoms with Crippen molar-refractivity contribution in [2.45, 2.75) is 66.7 Å². The average molecular weight is 425 g/mol. The molecule has 3 nitrogen and oxygen atoms in total. The van der Waals surface area contributed by atoms with Gasteiger partial charge in [0.2, 0.25) is 0 Å². The van der Waals surface area contributed by atoms with E-state index in [4.69, 9.17) is 4.74 Å². The van der Waals surface area contributed by atoms with Crippen molar-refractivity contribution in [1.29, 1.82) is 0 Å². The summed E-state index contributed by atoms with van der Waals surface area (Å²) in [5.41, 5.74) is -0.236. The van der Waals surface area contributed by atoms with Crippen LogP contribution in [0.2, 0.25) is 0 Å². The lowest BCUT2D eigenvalue weighted by Crippen LogP contribution is -2.33. The molecule has 1 rings (SSSR count). The molecule has 1 aliphatic heterocycles. The van der Waals surface area contributed by atoms with E-state index in [1.54, 1.807) is 0 Å². The summed E-state index contributed by atoms with van der Waals surface area (Å²) in [6, 6.07) is 0. The molecular formula is C18H36INO2. The van der Waals surface area contributed by atoms with Crippen molar-refractivity contribution >= 4 is 28.6 Å². The van der Waals surface area contributed by atoms with E-state index >= 15 is 0 Å². The zero-order valence-corrected chi connectivity index (χ0v) is 17.7. The summed E-state index contributed by atoms with van der Waals surface area (Å²) in [6.07, 6.45) is 5.81. The van der Waals surface area contributed by atoms with E-state index in [2.05, 4.69) is 48.3 Å². The van der Waals surface area contributed by atoms with Gasteiger partial charge in [0.05, 0.1) is 12.0 Å². The number of ether oxygens (including phenoxy) is 1. The molecule has 0 radical (unpaired) electrons. The number of likely N-dealkylation sites (tertiary alicyclic amines) is 1. The molecule has 0 bridgehead atoms. The Labute approximate surface area is 151 Å². The number of carbonyl (C=O) groups is 1. The Morgan fingerprint density at radius 3 is 2.09 bits per heavy atom. The first-order valence-corrected chi connectivity index (χ1v) is 10.6. The Morgan fingerprint density at radius 1 is 1.05 bits per heavy atom. The summed E-state index contributed by atoms with van der Waals surface area (Å²) >= 11 is 2.15. The van der Waals surface area contributed by atoms with Crippen LogP contribution in [-0.2, 0) is 9.53 Å². The molecule has 0 N–H and O–H groups in total. The minimum absolute atomic E-state index is 0.0499. The van der Waals surface area contributed by atoms with E-state index in [-0.39, 0.29) is 16.8 Å². The highest BCUT2D eigenvalue weighted by Crippen LogP contribution is 2.34. The van der Waals surface area contributed by atoms with Crippen molar-refractivity contribution < 1.29 is 9.53 Å². The van der Waals surface area contributed by atoms with Crippen LogP contribution in [0.15, 0.2) is 0 Å². The summed E-state index contributed by atoms with van der Waals surface area (Å²) in [4.78, 5) is 16.6. The third kappa shape index (κ3) is 10.0. The summed E-state index contributed by atoms with van der Waals surface area (Å²) in [5.74, 6) is -0.0499. The van der Waals surface area contributed by atoms with Crippen molar-refractivity contribution in [2.24, 2.45) is 10.8 Å². The minimum atomic E-state index is -0.386. The zero-order chi connectivity index (χ0) is 17.2. The number of rotatable bonds is 6. The average Bonchev–Trinajstić information content (AvgIpc) is 2.44. The van der Waals surface area contributed by atoms with Gasteiger partial charge in [-0.05, 0) is 63.0 Å². The molecule has 1 heterocycles. The van der Waals surface area contributed by atoms with Gasteiger partial charge in [-0.25, -0.2) is 0 Å². The second-order valence-corrected chi connectivity index (χ2v) is 8.01. The number of hydrogen-bond acceptors (Lipinski definition) is 3. The lowest BCUT2D eigenvalue weighted by molar-refractivity contribution is -0.155. The molecule has 0 aromatic rings. The fraction of sp³-hybridized carbons (Fsp3) is 0.944. The molecule has 0 spiro atoms. The van der Waals surface area contributed by atoms with Gasteiger partial charge < -0.3 is 9.64 Å². The quantitative estimate of drug-likeness (QED) is 0.262. The van der Waals surface area contributed by atoms with E-state index in [1.165, 1.54) is 32.4 Å². The Balaban J connectivity index is 0.00000211. The summed E-state index contributed by atoms with van der Waals surface area (Å²) in [7, 11) is 0. The van der Waals surface area contributed by atoms with E-state index in [0.29, 0.717) is 6.61 Å². The van der Waals surface area contributed by atoms with E-state index < -0.39 is 0 Å². The Hall–Kier alpha value is 0.160. The van der Waals surface area contributed by atoms with Crippen molar-refractivity contribution in [2.75, 3.05) is 31.2 Å². The standard InChI is InChI=1S/C17H33NO2.CH3I/c1-16(2,3)14-17(4,5)15(19)20-13-9-12-18-10-7-6-8-11-18;1-2/h6-14H2,1-5H3;1H3. The topological polar surface area (TPSA) is 29.5 Å². The largest absolute Gasteiger partial charge is 0.465 e. The normalized spacial score (nSPS) is 16.7. The molecule has 0 unspecified atom stereocenters. The summed E-state index contributed by atoms with van der Waals surface area (Å²) in [5, 5.41) is 0. The predicted octanol–water partition coefficient (Wildman–Crippen LogP) is 4.92. The second-order valence-electron chi connectivity index (χ2n) is 8.01. The second kappa shape index (κ2) is 10.8. The van der Waals surface area contributed by atoms with Crippen LogP contribution in [0.5, 0.6) is 0 Å². The number of carbonyl (C=O) groups excluding carboxylic acids is 1. The minimum Gasteiger partial charge on any atom is -0.465 e. The van der Waals surface area contributed by atoms with Crippen LogP contribution in [0.25, 0.3) is 0 Å². The van der Waals surface area contributed by atoms with Crippen molar-refractivity contribution in [1.82, 2.24) is 4.90 Å². The SMILES string of the molecule is CC(C)(C)CC(C)(C)C(=O)OCCCN1CCCCC1.CI. The van der Waals surface area contributed by atoms with Crippen LogP contribution in [0.1, 0.15) is 66.7 Å². The molecule has 0 atom stereocenters. The molecular weight excluding hydrogens is 389 g/mol. The smallest absolute Gasteiger partial charge is 0.311 e. The Morgan fingerprint density at radius 2 is 1.59 bits per heavy atom. The van der Waals surface area contributed by atoms with Crippen LogP contribution in [-0.4, -0.2) is 42.0 Å². The third-order valence-corrected chi connectivity index (χ3v) is 3.83. The van der Waals surface area contributed by atoms with Gasteiger partial charge in [0.1, 0.15) is 0 Å². The first-order chi connectivity index (χ1) is 10.2. The summed E-state index contributed by atoms with van der Waals surface area (Å²) < 4.78 is 5.48. The summed E-state index contributed by atoms with van der Waals surface area (Å²) in [6.45, 7) is 14.5. The third-order valence-electron chi connectivity index (χ3n) is 3.83. The van der Waals surface area contributed by atoms with Crippen LogP contribution in [0.3, 0.4) is 0 Å². The number of alkyl halides is 1. The van der Waals surface area contributed by atoms with Crippen molar-refractivity contribution in [3.8, 4) is 0 Å². The van der Waals surface area contributed by atoms with E-state index in [0.717, 1.165) is 19.4 Å². The predicted molar refractivity (Wildman–Crippen MR) is 104 cm³/mol. The maximum atomic E-state index is 12.2. The molecule has 1 fully saturated rings. The molecule has 0 aromatic carbocycles. The fourth-order valence-electron chi connectivity index (χ4n) is 3.23. The highest BCUT2D eigenvalue weighted by atomic mass is 127. The highest BCUT2D eigenvalue weighted by Gasteiger charge is 2.33. The van der Waals surface area contributed by atoms with Gasteiger partial charge in [-0.1, -0.05) is 49.8 Å². The van der Waals surface area contributed by atoms with Gasteiger partial charge in [0, 0.05) is 6.54 Å². The fourth-order valence-corrected chi connectivity index (χ4v) is 3.23. The maximum Gasteiger partial charge on any atom is 0.311 e. The highest BCUT2D eigenvalue weighted by molar-refractivity contribution is 14.1. The molecule has 1 aliphatic rings. The molecule has 0 saturated carbocycles. The van der Waals surface area contributed by atoms with Gasteiger partial charge in [0.25, 0.3) is 0 Å². The number of hydrogen-bond donors (Lipinski definition) is 0. The van der Waals surface area contributed by atoms with Gasteiger partial charge >= 0.3 is 5.97 Å². The first-order valence-electron chi connectivity index (χ1n) is 8.48. The lowest BCUT2D eigenvalue weighted by atomic mass is 9.76. The van der Waals surface area contributed by atoms with Crippen molar-refractivity contribution in [3.63, 3.8) is 0 Å². The number of piperidine rings is 1. The molecule has 0 amide bonds. The maximum absolute atomic E-state index is 12.2. The zero-order valence-electron chi connectivity index (χ0n) is 15.5. The number of nitrogens with zero attached hydrogens (tertiary/aromatic N) is 1. The molecule has 0 aromatic heterocycles. The van der Waals surface area contributed by atoms with Crippen LogP contribution in [0.4, 0.5) is 0 Å². The molecule has 4 heteroatoms. The molecule has 1 saturated heterocycles. The number of esters is 1.